The summed E-state index contributed by atoms with van der Waals surface area (Å²) < 4.78 is 0. The third-order valence-corrected chi connectivity index (χ3v) is 5.07. The summed E-state index contributed by atoms with van der Waals surface area (Å²) in [4.78, 5) is 0. The molecule has 2 N–H and O–H groups in total. The minimum Gasteiger partial charge on any atom is -0.315 e. The van der Waals surface area contributed by atoms with Crippen LogP contribution in [0.2, 0.25) is 0 Å². The molecule has 0 aromatic heterocycles. The van der Waals surface area contributed by atoms with Gasteiger partial charge >= 0.3 is 0 Å². The molecule has 3 rings (SSSR count). The zero-order valence-corrected chi connectivity index (χ0v) is 12.9. The Balaban J connectivity index is 1.47. The summed E-state index contributed by atoms with van der Waals surface area (Å²) in [5, 5.41) is 7.22. The molecule has 2 aliphatic rings. The van der Waals surface area contributed by atoms with Gasteiger partial charge in [-0.2, -0.15) is 0 Å². The van der Waals surface area contributed by atoms with Gasteiger partial charge in [-0.15, -0.1) is 0 Å². The van der Waals surface area contributed by atoms with E-state index in [0.717, 1.165) is 30.8 Å². The Morgan fingerprint density at radius 2 is 2.15 bits per heavy atom. The highest BCUT2D eigenvalue weighted by Gasteiger charge is 2.52. The van der Waals surface area contributed by atoms with Crippen LogP contribution in [0.5, 0.6) is 0 Å². The summed E-state index contributed by atoms with van der Waals surface area (Å²) in [5.41, 5.74) is 3.25. The van der Waals surface area contributed by atoms with Crippen LogP contribution in [0.4, 0.5) is 0 Å². The van der Waals surface area contributed by atoms with E-state index in [1.54, 1.807) is 11.1 Å². The minimum atomic E-state index is 0.583. The van der Waals surface area contributed by atoms with E-state index in [0.29, 0.717) is 6.04 Å². The number of nitrogens with one attached hydrogen (secondary N) is 2. The summed E-state index contributed by atoms with van der Waals surface area (Å²) in [6.07, 6.45) is 3.91. The normalized spacial score (nSPS) is 28.6. The highest BCUT2D eigenvalue weighted by molar-refractivity contribution is 5.39. The minimum absolute atomic E-state index is 0.583. The molecule has 0 aliphatic heterocycles. The maximum Gasteiger partial charge on any atom is 0.0164 e. The first-order valence-electron chi connectivity index (χ1n) is 8.33. The fourth-order valence-electron chi connectivity index (χ4n) is 3.89. The summed E-state index contributed by atoms with van der Waals surface area (Å²) in [5.74, 6) is 2.68. The average molecular weight is 272 g/mol. The molecule has 0 amide bonds. The van der Waals surface area contributed by atoms with Gasteiger partial charge in [0.25, 0.3) is 0 Å². The second-order valence-corrected chi connectivity index (χ2v) is 6.60. The van der Waals surface area contributed by atoms with Crippen molar-refractivity contribution in [2.24, 2.45) is 11.8 Å². The fraction of sp³-hybridized carbons (Fsp3) is 0.667. The Labute approximate surface area is 123 Å². The van der Waals surface area contributed by atoms with Crippen LogP contribution in [-0.4, -0.2) is 25.7 Å². The molecular formula is C18H28N2. The lowest BCUT2D eigenvalue weighted by atomic mass is 9.92. The Bertz CT molecular complexity index is 443. The van der Waals surface area contributed by atoms with Gasteiger partial charge < -0.3 is 10.6 Å². The Kier molecular flexibility index (Phi) is 4.42. The van der Waals surface area contributed by atoms with Gasteiger partial charge in [-0.05, 0) is 68.2 Å². The van der Waals surface area contributed by atoms with Gasteiger partial charge in [0.2, 0.25) is 0 Å². The number of hydrogen-bond acceptors (Lipinski definition) is 2. The van der Waals surface area contributed by atoms with Crippen LogP contribution in [0.15, 0.2) is 24.3 Å². The molecule has 0 heterocycles. The first-order valence-corrected chi connectivity index (χ1v) is 8.33. The predicted octanol–water partition coefficient (Wildman–Crippen LogP) is 2.94. The van der Waals surface area contributed by atoms with Crippen molar-refractivity contribution < 1.29 is 0 Å². The standard InChI is InChI=1S/C18H28N2/c1-3-10-19-11-13(2)20-12-17-16-9-8-14-6-4-5-7-15(14)18(16)17/h4-7,13,16-20H,3,8-12H2,1-2H3. The van der Waals surface area contributed by atoms with Gasteiger partial charge in [0, 0.05) is 12.6 Å². The highest BCUT2D eigenvalue weighted by Crippen LogP contribution is 2.59. The van der Waals surface area contributed by atoms with E-state index in [1.807, 2.05) is 0 Å². The van der Waals surface area contributed by atoms with Crippen LogP contribution in [0, 0.1) is 11.8 Å². The zero-order chi connectivity index (χ0) is 13.9. The summed E-state index contributed by atoms with van der Waals surface area (Å²) >= 11 is 0. The molecule has 1 fully saturated rings. The van der Waals surface area contributed by atoms with Crippen LogP contribution in [0.25, 0.3) is 0 Å². The van der Waals surface area contributed by atoms with E-state index in [1.165, 1.54) is 25.8 Å². The maximum atomic E-state index is 3.73. The summed E-state index contributed by atoms with van der Waals surface area (Å²) in [6, 6.07) is 9.67. The molecule has 4 atom stereocenters. The van der Waals surface area contributed by atoms with Crippen molar-refractivity contribution in [3.8, 4) is 0 Å². The van der Waals surface area contributed by atoms with Crippen LogP contribution in [0.1, 0.15) is 43.7 Å². The second-order valence-electron chi connectivity index (χ2n) is 6.60. The first-order chi connectivity index (χ1) is 9.81. The molecule has 2 heteroatoms. The molecule has 2 nitrogen and oxygen atoms in total. The average Bonchev–Trinajstić information content (AvgIpc) is 3.19. The van der Waals surface area contributed by atoms with Gasteiger partial charge in [-0.3, -0.25) is 0 Å². The topological polar surface area (TPSA) is 24.1 Å². The zero-order valence-electron chi connectivity index (χ0n) is 12.9. The van der Waals surface area contributed by atoms with Crippen molar-refractivity contribution in [2.75, 3.05) is 19.6 Å². The molecule has 1 aromatic rings. The number of rotatable bonds is 7. The lowest BCUT2D eigenvalue weighted by Crippen LogP contribution is -2.37. The third kappa shape index (κ3) is 2.91. The molecule has 0 bridgehead atoms. The fourth-order valence-corrected chi connectivity index (χ4v) is 3.89. The molecule has 0 saturated heterocycles. The lowest BCUT2D eigenvalue weighted by molar-refractivity contribution is 0.477. The molecule has 4 unspecified atom stereocenters. The van der Waals surface area contributed by atoms with Crippen LogP contribution >= 0.6 is 0 Å². The Morgan fingerprint density at radius 3 is 3.00 bits per heavy atom. The molecular weight excluding hydrogens is 244 g/mol. The van der Waals surface area contributed by atoms with E-state index in [4.69, 9.17) is 0 Å². The molecule has 2 aliphatic carbocycles. The van der Waals surface area contributed by atoms with E-state index < -0.39 is 0 Å². The number of hydrogen-bond donors (Lipinski definition) is 2. The third-order valence-electron chi connectivity index (χ3n) is 5.07. The molecule has 110 valence electrons. The number of fused-ring (bicyclic) bond motifs is 3. The van der Waals surface area contributed by atoms with Crippen molar-refractivity contribution >= 4 is 0 Å². The molecule has 20 heavy (non-hydrogen) atoms. The van der Waals surface area contributed by atoms with Crippen molar-refractivity contribution in [3.63, 3.8) is 0 Å². The van der Waals surface area contributed by atoms with Gasteiger partial charge in [-0.1, -0.05) is 31.2 Å². The van der Waals surface area contributed by atoms with Crippen molar-refractivity contribution in [3.05, 3.63) is 35.4 Å². The molecule has 0 spiro atoms. The Hall–Kier alpha value is -0.860. The van der Waals surface area contributed by atoms with E-state index in [-0.39, 0.29) is 0 Å². The molecule has 1 aromatic carbocycles. The molecule has 1 saturated carbocycles. The number of benzene rings is 1. The van der Waals surface area contributed by atoms with E-state index in [9.17, 15) is 0 Å². The second kappa shape index (κ2) is 6.28. The van der Waals surface area contributed by atoms with Gasteiger partial charge in [0.15, 0.2) is 0 Å². The quantitative estimate of drug-likeness (QED) is 0.746. The van der Waals surface area contributed by atoms with Crippen molar-refractivity contribution in [1.29, 1.82) is 0 Å². The predicted molar refractivity (Wildman–Crippen MR) is 85.1 cm³/mol. The first kappa shape index (κ1) is 14.1. The molecule has 0 radical (unpaired) electrons. The van der Waals surface area contributed by atoms with E-state index in [2.05, 4.69) is 48.7 Å². The smallest absolute Gasteiger partial charge is 0.0164 e. The van der Waals surface area contributed by atoms with Gasteiger partial charge in [0.05, 0.1) is 0 Å². The Morgan fingerprint density at radius 1 is 1.30 bits per heavy atom. The maximum absolute atomic E-state index is 3.73. The SMILES string of the molecule is CCCNCC(C)NCC1C2CCc3ccccc3C21. The van der Waals surface area contributed by atoms with Crippen LogP contribution in [0.3, 0.4) is 0 Å². The van der Waals surface area contributed by atoms with Gasteiger partial charge in [-0.25, -0.2) is 0 Å². The van der Waals surface area contributed by atoms with Crippen LogP contribution in [-0.2, 0) is 6.42 Å². The lowest BCUT2D eigenvalue weighted by Gasteiger charge is -2.14. The van der Waals surface area contributed by atoms with Crippen molar-refractivity contribution in [2.45, 2.75) is 45.1 Å². The number of aryl methyl sites for hydroxylation is 1. The van der Waals surface area contributed by atoms with Crippen molar-refractivity contribution in [1.82, 2.24) is 10.6 Å². The van der Waals surface area contributed by atoms with Gasteiger partial charge in [0.1, 0.15) is 0 Å². The van der Waals surface area contributed by atoms with Crippen LogP contribution < -0.4 is 10.6 Å². The summed E-state index contributed by atoms with van der Waals surface area (Å²) in [7, 11) is 0. The highest BCUT2D eigenvalue weighted by atomic mass is 15.0. The largest absolute Gasteiger partial charge is 0.315 e. The summed E-state index contributed by atoms with van der Waals surface area (Å²) in [6.45, 7) is 7.93. The van der Waals surface area contributed by atoms with E-state index >= 15 is 0 Å². The monoisotopic (exact) mass is 272 g/mol.